The van der Waals surface area contributed by atoms with Gasteiger partial charge in [0.2, 0.25) is 5.91 Å². The van der Waals surface area contributed by atoms with Crippen LogP contribution in [-0.2, 0) is 4.79 Å². The summed E-state index contributed by atoms with van der Waals surface area (Å²) in [6.45, 7) is 6.14. The molecule has 5 atom stereocenters. The summed E-state index contributed by atoms with van der Waals surface area (Å²) >= 11 is 3.72. The second-order valence-electron chi connectivity index (χ2n) is 8.82. The van der Waals surface area contributed by atoms with Crippen LogP contribution in [0.25, 0.3) is 0 Å². The van der Waals surface area contributed by atoms with E-state index >= 15 is 0 Å². The summed E-state index contributed by atoms with van der Waals surface area (Å²) in [5.74, 6) is 3.50. The maximum Gasteiger partial charge on any atom is 0.233 e. The van der Waals surface area contributed by atoms with Gasteiger partial charge in [-0.15, -0.1) is 0 Å². The molecule has 1 heterocycles. The number of halogens is 1. The Labute approximate surface area is 165 Å². The first-order chi connectivity index (χ1) is 12.6. The Morgan fingerprint density at radius 2 is 2.12 bits per heavy atom. The van der Waals surface area contributed by atoms with E-state index in [1.165, 1.54) is 37.8 Å². The number of allylic oxidation sites excluding steroid dienone is 1. The average molecular weight is 425 g/mol. The van der Waals surface area contributed by atoms with E-state index in [-0.39, 0.29) is 5.91 Å². The molecular formula is C20H33BrN4O. The lowest BCUT2D eigenvalue weighted by molar-refractivity contribution is -0.120. The van der Waals surface area contributed by atoms with Crippen LogP contribution in [0.2, 0.25) is 0 Å². The Bertz CT molecular complexity index is 574. The lowest BCUT2D eigenvalue weighted by atomic mass is 9.87. The van der Waals surface area contributed by atoms with Crippen molar-refractivity contribution in [3.05, 3.63) is 10.2 Å². The van der Waals surface area contributed by atoms with Gasteiger partial charge >= 0.3 is 0 Å². The van der Waals surface area contributed by atoms with Crippen molar-refractivity contribution in [2.75, 3.05) is 32.7 Å². The van der Waals surface area contributed by atoms with Gasteiger partial charge in [-0.1, -0.05) is 28.8 Å². The molecule has 3 saturated carbocycles. The lowest BCUT2D eigenvalue weighted by Gasteiger charge is -2.22. The predicted octanol–water partition coefficient (Wildman–Crippen LogP) is 2.10. The second-order valence-corrected chi connectivity index (χ2v) is 9.78. The van der Waals surface area contributed by atoms with E-state index in [1.54, 1.807) is 0 Å². The summed E-state index contributed by atoms with van der Waals surface area (Å²) in [7, 11) is 0. The molecule has 5 nitrogen and oxygen atoms in total. The standard InChI is InChI=1S/C20H33BrN4O/c1-13(25-20-7-5-15-3-2-4-16(20)19(15)20)17(21)11-23-12-18(26)24-10-14-6-8-22-9-14/h14-16,19,22-23,25H,2-12H2,1H3,(H,24,26)/b17-13-. The summed E-state index contributed by atoms with van der Waals surface area (Å²) in [5.41, 5.74) is 1.64. The predicted molar refractivity (Wildman–Crippen MR) is 108 cm³/mol. The normalized spacial score (nSPS) is 38.5. The van der Waals surface area contributed by atoms with Gasteiger partial charge in [0.25, 0.3) is 0 Å². The van der Waals surface area contributed by atoms with Crippen LogP contribution in [0.4, 0.5) is 0 Å². The second kappa shape index (κ2) is 7.80. The number of carbonyl (C=O) groups excluding carboxylic acids is 1. The van der Waals surface area contributed by atoms with E-state index in [0.717, 1.165) is 48.3 Å². The molecule has 0 spiro atoms. The molecule has 1 aliphatic heterocycles. The fourth-order valence-corrected chi connectivity index (χ4v) is 6.20. The Hall–Kier alpha value is -0.590. The molecule has 6 heteroatoms. The highest BCUT2D eigenvalue weighted by Gasteiger charge is 2.70. The van der Waals surface area contributed by atoms with Crippen molar-refractivity contribution in [1.82, 2.24) is 21.3 Å². The molecule has 146 valence electrons. The number of hydrogen-bond donors (Lipinski definition) is 4. The maximum atomic E-state index is 12.0. The molecule has 3 aliphatic carbocycles. The summed E-state index contributed by atoms with van der Waals surface area (Å²) in [6.07, 6.45) is 8.20. The minimum absolute atomic E-state index is 0.0910. The van der Waals surface area contributed by atoms with Crippen LogP contribution in [0.5, 0.6) is 0 Å². The Kier molecular flexibility index (Phi) is 5.63. The summed E-state index contributed by atoms with van der Waals surface area (Å²) in [4.78, 5) is 12.0. The van der Waals surface area contributed by atoms with Gasteiger partial charge in [-0.05, 0) is 69.4 Å². The summed E-state index contributed by atoms with van der Waals surface area (Å²) in [5, 5.41) is 13.5. The van der Waals surface area contributed by atoms with E-state index in [4.69, 9.17) is 0 Å². The zero-order valence-corrected chi connectivity index (χ0v) is 17.5. The first kappa shape index (κ1) is 18.8. The Balaban J connectivity index is 1.19. The molecule has 1 amide bonds. The number of amides is 1. The van der Waals surface area contributed by atoms with Crippen LogP contribution >= 0.6 is 15.9 Å². The van der Waals surface area contributed by atoms with Crippen molar-refractivity contribution in [3.63, 3.8) is 0 Å². The van der Waals surface area contributed by atoms with Crippen molar-refractivity contribution < 1.29 is 4.79 Å². The Morgan fingerprint density at radius 1 is 1.23 bits per heavy atom. The highest BCUT2D eigenvalue weighted by atomic mass is 79.9. The molecule has 0 aromatic rings. The molecule has 4 rings (SSSR count). The van der Waals surface area contributed by atoms with Crippen molar-refractivity contribution in [2.45, 2.75) is 51.0 Å². The minimum Gasteiger partial charge on any atom is -0.382 e. The zero-order chi connectivity index (χ0) is 18.1. The number of fused-ring (bicyclic) bond motifs is 1. The number of carbonyl (C=O) groups is 1. The van der Waals surface area contributed by atoms with Gasteiger partial charge in [0, 0.05) is 28.8 Å². The van der Waals surface area contributed by atoms with Crippen LogP contribution in [0.15, 0.2) is 10.2 Å². The Morgan fingerprint density at radius 3 is 2.88 bits per heavy atom. The molecule has 4 N–H and O–H groups in total. The molecule has 26 heavy (non-hydrogen) atoms. The van der Waals surface area contributed by atoms with E-state index in [2.05, 4.69) is 44.1 Å². The third kappa shape index (κ3) is 3.69. The monoisotopic (exact) mass is 424 g/mol. The topological polar surface area (TPSA) is 65.2 Å². The molecular weight excluding hydrogens is 392 g/mol. The SMILES string of the molecule is C/C(NC12CCC3CCCC1C32)=C(/Br)CNCC(=O)NCC1CCNC1. The third-order valence-electron chi connectivity index (χ3n) is 7.25. The van der Waals surface area contributed by atoms with E-state index in [9.17, 15) is 4.79 Å². The summed E-state index contributed by atoms with van der Waals surface area (Å²) in [6, 6.07) is 0. The van der Waals surface area contributed by atoms with Crippen LogP contribution in [0.1, 0.15) is 45.4 Å². The van der Waals surface area contributed by atoms with Crippen LogP contribution in [0.3, 0.4) is 0 Å². The molecule has 0 aromatic carbocycles. The van der Waals surface area contributed by atoms with E-state index in [0.29, 0.717) is 24.5 Å². The fraction of sp³-hybridized carbons (Fsp3) is 0.850. The first-order valence-electron chi connectivity index (χ1n) is 10.4. The highest BCUT2D eigenvalue weighted by molar-refractivity contribution is 9.11. The van der Waals surface area contributed by atoms with Crippen LogP contribution in [0, 0.1) is 23.7 Å². The van der Waals surface area contributed by atoms with Gasteiger partial charge in [-0.2, -0.15) is 0 Å². The average Bonchev–Trinajstić information content (AvgIpc) is 2.99. The first-order valence-corrected chi connectivity index (χ1v) is 11.2. The molecule has 0 aromatic heterocycles. The maximum absolute atomic E-state index is 12.0. The van der Waals surface area contributed by atoms with E-state index < -0.39 is 0 Å². The number of nitrogens with one attached hydrogen (secondary N) is 4. The van der Waals surface area contributed by atoms with Gasteiger partial charge < -0.3 is 21.3 Å². The van der Waals surface area contributed by atoms with Gasteiger partial charge in [0.1, 0.15) is 0 Å². The number of rotatable bonds is 8. The molecule has 0 bridgehead atoms. The van der Waals surface area contributed by atoms with Crippen molar-refractivity contribution in [1.29, 1.82) is 0 Å². The molecule has 4 aliphatic rings. The van der Waals surface area contributed by atoms with Crippen LogP contribution < -0.4 is 21.3 Å². The number of hydrogen-bond acceptors (Lipinski definition) is 4. The third-order valence-corrected chi connectivity index (χ3v) is 8.13. The smallest absolute Gasteiger partial charge is 0.233 e. The van der Waals surface area contributed by atoms with Crippen molar-refractivity contribution >= 4 is 21.8 Å². The highest BCUT2D eigenvalue weighted by Crippen LogP contribution is 2.69. The minimum atomic E-state index is 0.0910. The van der Waals surface area contributed by atoms with Crippen LogP contribution in [-0.4, -0.2) is 44.2 Å². The lowest BCUT2D eigenvalue weighted by Crippen LogP contribution is -2.38. The van der Waals surface area contributed by atoms with Crippen molar-refractivity contribution in [2.24, 2.45) is 23.7 Å². The van der Waals surface area contributed by atoms with Gasteiger partial charge in [0.05, 0.1) is 6.54 Å². The fourth-order valence-electron chi connectivity index (χ4n) is 5.90. The van der Waals surface area contributed by atoms with Gasteiger partial charge in [0.15, 0.2) is 0 Å². The zero-order valence-electron chi connectivity index (χ0n) is 15.9. The quantitative estimate of drug-likeness (QED) is 0.481. The largest absolute Gasteiger partial charge is 0.382 e. The van der Waals surface area contributed by atoms with E-state index in [1.807, 2.05) is 0 Å². The van der Waals surface area contributed by atoms with Crippen molar-refractivity contribution in [3.8, 4) is 0 Å². The van der Waals surface area contributed by atoms with Gasteiger partial charge in [-0.25, -0.2) is 0 Å². The molecule has 0 radical (unpaired) electrons. The summed E-state index contributed by atoms with van der Waals surface area (Å²) < 4.78 is 1.15. The molecule has 4 fully saturated rings. The van der Waals surface area contributed by atoms with Gasteiger partial charge in [-0.3, -0.25) is 4.79 Å². The molecule has 1 saturated heterocycles. The molecule has 5 unspecified atom stereocenters.